The number of hydrogen-bond donors (Lipinski definition) is 1. The molecule has 4 rings (SSSR count). The zero-order chi connectivity index (χ0) is 18.3. The summed E-state index contributed by atoms with van der Waals surface area (Å²) in [5.74, 6) is 0.784. The number of rotatable bonds is 3. The van der Waals surface area contributed by atoms with Crippen molar-refractivity contribution in [2.75, 3.05) is 6.54 Å². The Morgan fingerprint density at radius 2 is 1.65 bits per heavy atom. The minimum Gasteiger partial charge on any atom is -0.307 e. The molecule has 1 aliphatic heterocycles. The van der Waals surface area contributed by atoms with Crippen LogP contribution in [0, 0.1) is 29.6 Å². The first-order valence-electron chi connectivity index (χ1n) is 10.9. The van der Waals surface area contributed by atoms with Gasteiger partial charge in [-0.3, -0.25) is 0 Å². The fraction of sp³-hybridized carbons (Fsp3) is 0.909. The maximum atomic E-state index is 14.9. The molecule has 1 heterocycles. The van der Waals surface area contributed by atoms with Gasteiger partial charge in [-0.05, 0) is 55.3 Å². The van der Waals surface area contributed by atoms with Gasteiger partial charge in [0.05, 0.1) is 0 Å². The van der Waals surface area contributed by atoms with Gasteiger partial charge in [-0.15, -0.1) is 0 Å². The van der Waals surface area contributed by atoms with E-state index in [2.05, 4.69) is 11.9 Å². The number of nitrogens with one attached hydrogen (secondary N) is 1. The predicted octanol–water partition coefficient (Wildman–Crippen LogP) is 5.55. The number of halogens is 3. The molecule has 148 valence electrons. The fourth-order valence-electron chi connectivity index (χ4n) is 6.61. The van der Waals surface area contributed by atoms with Crippen LogP contribution in [0.15, 0.2) is 12.2 Å². The second-order valence-corrected chi connectivity index (χ2v) is 9.58. The lowest BCUT2D eigenvalue weighted by Crippen LogP contribution is -2.48. The van der Waals surface area contributed by atoms with Crippen molar-refractivity contribution in [1.29, 1.82) is 0 Å². The topological polar surface area (TPSA) is 12.0 Å². The first kappa shape index (κ1) is 18.8. The predicted molar refractivity (Wildman–Crippen MR) is 99.2 cm³/mol. The summed E-state index contributed by atoms with van der Waals surface area (Å²) in [6.07, 6.45) is 6.26. The van der Waals surface area contributed by atoms with Gasteiger partial charge in [0.1, 0.15) is 18.5 Å². The van der Waals surface area contributed by atoms with Gasteiger partial charge < -0.3 is 5.32 Å². The van der Waals surface area contributed by atoms with E-state index >= 15 is 0 Å². The normalized spacial score (nSPS) is 47.7. The third-order valence-corrected chi connectivity index (χ3v) is 7.92. The molecule has 4 fully saturated rings. The summed E-state index contributed by atoms with van der Waals surface area (Å²) in [6.45, 7) is 4.56. The first-order valence-corrected chi connectivity index (χ1v) is 10.9. The van der Waals surface area contributed by atoms with Crippen molar-refractivity contribution in [1.82, 2.24) is 5.32 Å². The number of piperidine rings is 1. The van der Waals surface area contributed by atoms with Crippen LogP contribution >= 0.6 is 0 Å². The molecule has 0 aromatic rings. The van der Waals surface area contributed by atoms with Crippen LogP contribution in [0.3, 0.4) is 0 Å². The van der Waals surface area contributed by atoms with Crippen molar-refractivity contribution in [3.05, 3.63) is 12.2 Å². The Labute approximate surface area is 156 Å². The third kappa shape index (κ3) is 3.72. The van der Waals surface area contributed by atoms with E-state index in [0.717, 1.165) is 18.4 Å². The van der Waals surface area contributed by atoms with Crippen molar-refractivity contribution in [3.8, 4) is 0 Å². The molecule has 0 radical (unpaired) electrons. The smallest absolute Gasteiger partial charge is 0.113 e. The third-order valence-electron chi connectivity index (χ3n) is 7.92. The summed E-state index contributed by atoms with van der Waals surface area (Å²) in [6, 6.07) is 0.138. The lowest BCUT2D eigenvalue weighted by atomic mass is 9.66. The van der Waals surface area contributed by atoms with Gasteiger partial charge in [-0.25, -0.2) is 13.2 Å². The average molecular weight is 370 g/mol. The lowest BCUT2D eigenvalue weighted by Gasteiger charge is -2.42. The highest BCUT2D eigenvalue weighted by Gasteiger charge is 2.50. The van der Waals surface area contributed by atoms with Gasteiger partial charge in [0, 0.05) is 19.0 Å². The van der Waals surface area contributed by atoms with Crippen molar-refractivity contribution in [3.63, 3.8) is 0 Å². The standard InChI is InChI=1S/C22H34F3N/c1-13-7-17(19-10-16(23)12-26-22(13)19)18-9-15(20(24)11-21(18)25)8-14-5-3-2-4-6-14/h14-22,26H,1-12H2/t15?,16-,17?,18?,19?,20?,21?,22?/m0/s1. The van der Waals surface area contributed by atoms with Gasteiger partial charge in [-0.1, -0.05) is 44.3 Å². The Hall–Kier alpha value is -0.510. The summed E-state index contributed by atoms with van der Waals surface area (Å²) in [5.41, 5.74) is 1.10. The van der Waals surface area contributed by atoms with Crippen molar-refractivity contribution in [2.24, 2.45) is 29.6 Å². The SMILES string of the molecule is C=C1CC(C2CC(CC3CCCCC3)C(F)CC2F)C2C[C@H](F)CNC12. The average Bonchev–Trinajstić information content (AvgIpc) is 2.94. The molecule has 0 aromatic heterocycles. The second kappa shape index (κ2) is 7.85. The molecule has 0 amide bonds. The molecule has 7 unspecified atom stereocenters. The maximum Gasteiger partial charge on any atom is 0.113 e. The zero-order valence-corrected chi connectivity index (χ0v) is 15.8. The number of fused-ring (bicyclic) bond motifs is 1. The highest BCUT2D eigenvalue weighted by molar-refractivity contribution is 5.20. The summed E-state index contributed by atoms with van der Waals surface area (Å²) in [4.78, 5) is 0. The number of alkyl halides is 3. The van der Waals surface area contributed by atoms with Crippen LogP contribution in [0.2, 0.25) is 0 Å². The largest absolute Gasteiger partial charge is 0.307 e. The lowest BCUT2D eigenvalue weighted by molar-refractivity contribution is -0.00283. The van der Waals surface area contributed by atoms with Crippen LogP contribution in [0.1, 0.15) is 64.2 Å². The van der Waals surface area contributed by atoms with Crippen molar-refractivity contribution in [2.45, 2.75) is 88.8 Å². The van der Waals surface area contributed by atoms with E-state index in [-0.39, 0.29) is 36.1 Å². The maximum absolute atomic E-state index is 14.9. The summed E-state index contributed by atoms with van der Waals surface area (Å²) >= 11 is 0. The quantitative estimate of drug-likeness (QED) is 0.643. The van der Waals surface area contributed by atoms with Gasteiger partial charge in [0.2, 0.25) is 0 Å². The molecular weight excluding hydrogens is 335 g/mol. The summed E-state index contributed by atoms with van der Waals surface area (Å²) in [7, 11) is 0. The van der Waals surface area contributed by atoms with Gasteiger partial charge in [0.25, 0.3) is 0 Å². The van der Waals surface area contributed by atoms with Crippen LogP contribution < -0.4 is 5.32 Å². The van der Waals surface area contributed by atoms with E-state index in [4.69, 9.17) is 0 Å². The van der Waals surface area contributed by atoms with Gasteiger partial charge >= 0.3 is 0 Å². The first-order chi connectivity index (χ1) is 12.5. The van der Waals surface area contributed by atoms with Gasteiger partial charge in [0.15, 0.2) is 0 Å². The Kier molecular flexibility index (Phi) is 5.69. The molecule has 4 aliphatic rings. The molecule has 1 nitrogen and oxygen atoms in total. The fourth-order valence-corrected chi connectivity index (χ4v) is 6.61. The van der Waals surface area contributed by atoms with E-state index < -0.39 is 18.5 Å². The molecule has 1 N–H and O–H groups in total. The van der Waals surface area contributed by atoms with Crippen molar-refractivity contribution >= 4 is 0 Å². The van der Waals surface area contributed by atoms with E-state index in [0.29, 0.717) is 25.3 Å². The van der Waals surface area contributed by atoms with E-state index in [1.807, 2.05) is 0 Å². The Morgan fingerprint density at radius 3 is 2.42 bits per heavy atom. The van der Waals surface area contributed by atoms with E-state index in [1.54, 1.807) is 0 Å². The van der Waals surface area contributed by atoms with E-state index in [9.17, 15) is 13.2 Å². The molecule has 3 aliphatic carbocycles. The monoisotopic (exact) mass is 369 g/mol. The molecule has 0 bridgehead atoms. The van der Waals surface area contributed by atoms with Crippen LogP contribution in [0.5, 0.6) is 0 Å². The number of hydrogen-bond acceptors (Lipinski definition) is 1. The van der Waals surface area contributed by atoms with Crippen LogP contribution in [-0.2, 0) is 0 Å². The highest BCUT2D eigenvalue weighted by Crippen LogP contribution is 2.51. The molecule has 26 heavy (non-hydrogen) atoms. The van der Waals surface area contributed by atoms with E-state index in [1.165, 1.54) is 32.1 Å². The summed E-state index contributed by atoms with van der Waals surface area (Å²) in [5, 5.41) is 3.28. The molecule has 1 saturated heterocycles. The second-order valence-electron chi connectivity index (χ2n) is 9.58. The molecule has 0 aromatic carbocycles. The Balaban J connectivity index is 1.45. The van der Waals surface area contributed by atoms with Crippen LogP contribution in [0.4, 0.5) is 13.2 Å². The highest BCUT2D eigenvalue weighted by atomic mass is 19.1. The summed E-state index contributed by atoms with van der Waals surface area (Å²) < 4.78 is 43.5. The molecular formula is C22H34F3N. The molecule has 4 heteroatoms. The van der Waals surface area contributed by atoms with Crippen LogP contribution in [0.25, 0.3) is 0 Å². The van der Waals surface area contributed by atoms with Crippen molar-refractivity contribution < 1.29 is 13.2 Å². The Bertz CT molecular complexity index is 504. The molecule has 8 atom stereocenters. The molecule has 3 saturated carbocycles. The Morgan fingerprint density at radius 1 is 0.885 bits per heavy atom. The van der Waals surface area contributed by atoms with Gasteiger partial charge in [-0.2, -0.15) is 0 Å². The molecule has 0 spiro atoms. The van der Waals surface area contributed by atoms with Crippen LogP contribution in [-0.4, -0.2) is 31.1 Å². The zero-order valence-electron chi connectivity index (χ0n) is 15.8. The minimum atomic E-state index is -1.08. The minimum absolute atomic E-state index is 0.000128.